The number of amides is 1. The predicted molar refractivity (Wildman–Crippen MR) is 98.2 cm³/mol. The molecule has 0 aliphatic heterocycles. The Bertz CT molecular complexity index is 944. The van der Waals surface area contributed by atoms with Gasteiger partial charge in [0.2, 0.25) is 5.89 Å². The Morgan fingerprint density at radius 3 is 2.67 bits per heavy atom. The molecule has 0 saturated heterocycles. The van der Waals surface area contributed by atoms with Crippen LogP contribution in [0.3, 0.4) is 0 Å². The van der Waals surface area contributed by atoms with E-state index < -0.39 is 18.5 Å². The standard InChI is InChI=1S/C19H20N4O4/c1-12(2)23-15(9-10-20-23)21-16(24)11-26-19(25)17-13(3)27-18(22-17)14-7-5-4-6-8-14/h4-10,12H,11H2,1-3H3,(H,21,24). The summed E-state index contributed by atoms with van der Waals surface area (Å²) in [6, 6.07) is 11.0. The zero-order valence-electron chi connectivity index (χ0n) is 15.3. The summed E-state index contributed by atoms with van der Waals surface area (Å²) < 4.78 is 12.3. The Balaban J connectivity index is 1.62. The van der Waals surface area contributed by atoms with Gasteiger partial charge in [0.15, 0.2) is 12.3 Å². The molecule has 3 aromatic rings. The number of benzene rings is 1. The van der Waals surface area contributed by atoms with Crippen molar-refractivity contribution in [1.82, 2.24) is 14.8 Å². The van der Waals surface area contributed by atoms with Crippen molar-refractivity contribution in [3.8, 4) is 11.5 Å². The van der Waals surface area contributed by atoms with Gasteiger partial charge in [-0.1, -0.05) is 18.2 Å². The lowest BCUT2D eigenvalue weighted by molar-refractivity contribution is -0.119. The number of aryl methyl sites for hydroxylation is 1. The lowest BCUT2D eigenvalue weighted by Crippen LogP contribution is -2.23. The smallest absolute Gasteiger partial charge is 0.361 e. The highest BCUT2D eigenvalue weighted by atomic mass is 16.5. The molecule has 2 heterocycles. The van der Waals surface area contributed by atoms with Gasteiger partial charge in [-0.2, -0.15) is 5.10 Å². The third-order valence-electron chi connectivity index (χ3n) is 3.77. The molecule has 0 fully saturated rings. The molecule has 0 bridgehead atoms. The van der Waals surface area contributed by atoms with Gasteiger partial charge in [-0.05, 0) is 32.9 Å². The number of ether oxygens (including phenoxy) is 1. The van der Waals surface area contributed by atoms with Crippen LogP contribution in [0.4, 0.5) is 5.82 Å². The van der Waals surface area contributed by atoms with E-state index in [1.807, 2.05) is 44.2 Å². The van der Waals surface area contributed by atoms with Gasteiger partial charge in [0.1, 0.15) is 11.6 Å². The van der Waals surface area contributed by atoms with Crippen LogP contribution in [0.1, 0.15) is 36.1 Å². The van der Waals surface area contributed by atoms with Crippen LogP contribution in [0.25, 0.3) is 11.5 Å². The summed E-state index contributed by atoms with van der Waals surface area (Å²) in [5.41, 5.74) is 0.799. The number of nitrogens with one attached hydrogen (secondary N) is 1. The molecule has 2 aromatic heterocycles. The lowest BCUT2D eigenvalue weighted by Gasteiger charge is -2.11. The van der Waals surface area contributed by atoms with Crippen LogP contribution >= 0.6 is 0 Å². The first-order chi connectivity index (χ1) is 13.0. The van der Waals surface area contributed by atoms with Crippen LogP contribution in [-0.4, -0.2) is 33.2 Å². The van der Waals surface area contributed by atoms with Crippen molar-refractivity contribution in [2.45, 2.75) is 26.8 Å². The van der Waals surface area contributed by atoms with Gasteiger partial charge in [0.25, 0.3) is 5.91 Å². The van der Waals surface area contributed by atoms with E-state index in [9.17, 15) is 9.59 Å². The molecule has 1 N–H and O–H groups in total. The molecule has 27 heavy (non-hydrogen) atoms. The van der Waals surface area contributed by atoms with Crippen molar-refractivity contribution >= 4 is 17.7 Å². The summed E-state index contributed by atoms with van der Waals surface area (Å²) in [6.07, 6.45) is 1.59. The maximum Gasteiger partial charge on any atom is 0.361 e. The predicted octanol–water partition coefficient (Wildman–Crippen LogP) is 3.22. The number of anilines is 1. The normalized spacial score (nSPS) is 10.8. The Morgan fingerprint density at radius 1 is 1.22 bits per heavy atom. The number of esters is 1. The first-order valence-corrected chi connectivity index (χ1v) is 8.49. The van der Waals surface area contributed by atoms with E-state index >= 15 is 0 Å². The SMILES string of the molecule is Cc1oc(-c2ccccc2)nc1C(=O)OCC(=O)Nc1ccnn1C(C)C. The van der Waals surface area contributed by atoms with Crippen LogP contribution in [0.15, 0.2) is 47.0 Å². The first-order valence-electron chi connectivity index (χ1n) is 8.49. The molecule has 0 aliphatic carbocycles. The van der Waals surface area contributed by atoms with Gasteiger partial charge in [0.05, 0.1) is 6.20 Å². The fourth-order valence-electron chi connectivity index (χ4n) is 2.49. The molecule has 0 atom stereocenters. The minimum atomic E-state index is -0.717. The molecule has 3 rings (SSSR count). The van der Waals surface area contributed by atoms with Crippen molar-refractivity contribution < 1.29 is 18.7 Å². The van der Waals surface area contributed by atoms with Gasteiger partial charge < -0.3 is 14.5 Å². The van der Waals surface area contributed by atoms with E-state index in [1.54, 1.807) is 23.9 Å². The van der Waals surface area contributed by atoms with Crippen LogP contribution in [0.2, 0.25) is 0 Å². The summed E-state index contributed by atoms with van der Waals surface area (Å²) >= 11 is 0. The van der Waals surface area contributed by atoms with E-state index in [0.717, 1.165) is 5.56 Å². The molecule has 0 radical (unpaired) electrons. The van der Waals surface area contributed by atoms with Gasteiger partial charge in [-0.3, -0.25) is 4.79 Å². The number of hydrogen-bond donors (Lipinski definition) is 1. The highest BCUT2D eigenvalue weighted by Crippen LogP contribution is 2.21. The number of carbonyl (C=O) groups is 2. The average Bonchev–Trinajstić information content (AvgIpc) is 3.27. The van der Waals surface area contributed by atoms with Crippen LogP contribution in [-0.2, 0) is 9.53 Å². The molecule has 140 valence electrons. The van der Waals surface area contributed by atoms with Crippen LogP contribution in [0, 0.1) is 6.92 Å². The second-order valence-corrected chi connectivity index (χ2v) is 6.17. The first kappa shape index (κ1) is 18.4. The summed E-state index contributed by atoms with van der Waals surface area (Å²) in [6.45, 7) is 5.08. The molecule has 8 heteroatoms. The Morgan fingerprint density at radius 2 is 1.96 bits per heavy atom. The fraction of sp³-hybridized carbons (Fsp3) is 0.263. The Kier molecular flexibility index (Phi) is 5.35. The van der Waals surface area contributed by atoms with E-state index in [2.05, 4.69) is 15.4 Å². The van der Waals surface area contributed by atoms with Crippen molar-refractivity contribution in [1.29, 1.82) is 0 Å². The summed E-state index contributed by atoms with van der Waals surface area (Å²) in [5.74, 6) is 0.0126. The second kappa shape index (κ2) is 7.86. The maximum atomic E-state index is 12.2. The van der Waals surface area contributed by atoms with Crippen LogP contribution < -0.4 is 5.32 Å². The van der Waals surface area contributed by atoms with E-state index in [0.29, 0.717) is 17.5 Å². The van der Waals surface area contributed by atoms with Gasteiger partial charge in [-0.25, -0.2) is 14.5 Å². The quantitative estimate of drug-likeness (QED) is 0.671. The monoisotopic (exact) mass is 368 g/mol. The minimum absolute atomic E-state index is 0.0499. The average molecular weight is 368 g/mol. The van der Waals surface area contributed by atoms with E-state index in [1.165, 1.54) is 0 Å². The molecular formula is C19H20N4O4. The molecule has 0 aliphatic rings. The minimum Gasteiger partial charge on any atom is -0.451 e. The second-order valence-electron chi connectivity index (χ2n) is 6.17. The highest BCUT2D eigenvalue weighted by molar-refractivity contribution is 5.94. The number of nitrogens with zero attached hydrogens (tertiary/aromatic N) is 3. The van der Waals surface area contributed by atoms with Crippen molar-refractivity contribution in [2.75, 3.05) is 11.9 Å². The zero-order valence-corrected chi connectivity index (χ0v) is 15.3. The maximum absolute atomic E-state index is 12.2. The number of rotatable bonds is 6. The number of aromatic nitrogens is 3. The van der Waals surface area contributed by atoms with Crippen molar-refractivity contribution in [2.24, 2.45) is 0 Å². The number of carbonyl (C=O) groups excluding carboxylic acids is 2. The molecule has 1 aromatic carbocycles. The number of oxazole rings is 1. The molecule has 0 unspecified atom stereocenters. The van der Waals surface area contributed by atoms with Crippen molar-refractivity contribution in [3.63, 3.8) is 0 Å². The fourth-order valence-corrected chi connectivity index (χ4v) is 2.49. The third kappa shape index (κ3) is 4.22. The highest BCUT2D eigenvalue weighted by Gasteiger charge is 2.20. The molecular weight excluding hydrogens is 348 g/mol. The summed E-state index contributed by atoms with van der Waals surface area (Å²) in [7, 11) is 0. The zero-order chi connectivity index (χ0) is 19.4. The molecule has 0 spiro atoms. The third-order valence-corrected chi connectivity index (χ3v) is 3.77. The van der Waals surface area contributed by atoms with E-state index in [-0.39, 0.29) is 11.7 Å². The topological polar surface area (TPSA) is 99.2 Å². The Labute approximate surface area is 156 Å². The molecule has 8 nitrogen and oxygen atoms in total. The number of hydrogen-bond acceptors (Lipinski definition) is 6. The van der Waals surface area contributed by atoms with Gasteiger partial charge in [-0.15, -0.1) is 0 Å². The summed E-state index contributed by atoms with van der Waals surface area (Å²) in [4.78, 5) is 28.5. The van der Waals surface area contributed by atoms with Gasteiger partial charge in [0, 0.05) is 17.7 Å². The molecule has 0 saturated carbocycles. The Hall–Kier alpha value is -3.42. The van der Waals surface area contributed by atoms with Crippen molar-refractivity contribution in [3.05, 3.63) is 54.0 Å². The lowest BCUT2D eigenvalue weighted by atomic mass is 10.2. The molecule has 1 amide bonds. The van der Waals surface area contributed by atoms with Gasteiger partial charge >= 0.3 is 5.97 Å². The van der Waals surface area contributed by atoms with E-state index in [4.69, 9.17) is 9.15 Å². The van der Waals surface area contributed by atoms with Crippen LogP contribution in [0.5, 0.6) is 0 Å². The summed E-state index contributed by atoms with van der Waals surface area (Å²) in [5, 5.41) is 6.79. The largest absolute Gasteiger partial charge is 0.451 e.